The minimum Gasteiger partial charge on any atom is -0.452 e. The summed E-state index contributed by atoms with van der Waals surface area (Å²) in [5, 5.41) is 2.73. The van der Waals surface area contributed by atoms with Crippen molar-refractivity contribution < 1.29 is 27.5 Å². The van der Waals surface area contributed by atoms with Crippen LogP contribution in [0.25, 0.3) is 0 Å². The van der Waals surface area contributed by atoms with E-state index in [4.69, 9.17) is 4.74 Å². The van der Waals surface area contributed by atoms with Gasteiger partial charge in [0.15, 0.2) is 6.61 Å². The zero-order valence-electron chi connectivity index (χ0n) is 17.0. The van der Waals surface area contributed by atoms with Gasteiger partial charge in [-0.15, -0.1) is 6.58 Å². The number of esters is 1. The maximum atomic E-state index is 12.1. The van der Waals surface area contributed by atoms with Crippen LogP contribution in [0.5, 0.6) is 0 Å². The van der Waals surface area contributed by atoms with Crippen molar-refractivity contribution in [2.24, 2.45) is 0 Å². The number of likely N-dealkylation sites (N-methyl/N-ethyl adjacent to an activating group) is 1. The van der Waals surface area contributed by atoms with E-state index >= 15 is 0 Å². The Hall–Kier alpha value is -2.72. The molecule has 0 bridgehead atoms. The smallest absolute Gasteiger partial charge is 0.338 e. The summed E-state index contributed by atoms with van der Waals surface area (Å²) >= 11 is 0. The zero-order chi connectivity index (χ0) is 22.2. The predicted octanol–water partition coefficient (Wildman–Crippen LogP) is 0.681. The molecule has 29 heavy (non-hydrogen) atoms. The SMILES string of the molecule is C=CCNS(=O)(=O)c1ccc(C(=O)OCC(=O)N(C)CC(=O)NC(C)(C)C)cc1. The van der Waals surface area contributed by atoms with Crippen LogP contribution in [-0.2, 0) is 24.3 Å². The van der Waals surface area contributed by atoms with E-state index in [9.17, 15) is 22.8 Å². The van der Waals surface area contributed by atoms with Crippen LogP contribution < -0.4 is 10.0 Å². The molecule has 0 aliphatic carbocycles. The summed E-state index contributed by atoms with van der Waals surface area (Å²) < 4.78 is 31.2. The fourth-order valence-corrected chi connectivity index (χ4v) is 3.10. The summed E-state index contributed by atoms with van der Waals surface area (Å²) in [6.45, 7) is 8.26. The lowest BCUT2D eigenvalue weighted by Gasteiger charge is -2.23. The first-order chi connectivity index (χ1) is 13.4. The molecule has 0 heterocycles. The fourth-order valence-electron chi connectivity index (χ4n) is 2.10. The second-order valence-corrected chi connectivity index (χ2v) is 9.06. The Morgan fingerprint density at radius 2 is 1.76 bits per heavy atom. The molecular formula is C19H27N3O6S. The first-order valence-electron chi connectivity index (χ1n) is 8.78. The predicted molar refractivity (Wildman–Crippen MR) is 108 cm³/mol. The van der Waals surface area contributed by atoms with Gasteiger partial charge in [-0.05, 0) is 45.0 Å². The Labute approximate surface area is 171 Å². The summed E-state index contributed by atoms with van der Waals surface area (Å²) in [7, 11) is -2.27. The molecule has 10 heteroatoms. The highest BCUT2D eigenvalue weighted by molar-refractivity contribution is 7.89. The van der Waals surface area contributed by atoms with Crippen LogP contribution in [-0.4, -0.2) is 63.4 Å². The van der Waals surface area contributed by atoms with Gasteiger partial charge in [0.2, 0.25) is 15.9 Å². The number of hydrogen-bond acceptors (Lipinski definition) is 6. The van der Waals surface area contributed by atoms with Crippen LogP contribution in [0.1, 0.15) is 31.1 Å². The maximum Gasteiger partial charge on any atom is 0.338 e. The molecule has 2 amide bonds. The van der Waals surface area contributed by atoms with Crippen molar-refractivity contribution in [1.29, 1.82) is 0 Å². The molecular weight excluding hydrogens is 398 g/mol. The molecule has 9 nitrogen and oxygen atoms in total. The molecule has 1 rings (SSSR count). The number of ether oxygens (including phenoxy) is 1. The Balaban J connectivity index is 2.60. The lowest BCUT2D eigenvalue weighted by Crippen LogP contribution is -2.46. The summed E-state index contributed by atoms with van der Waals surface area (Å²) in [6.07, 6.45) is 1.41. The second-order valence-electron chi connectivity index (χ2n) is 7.29. The van der Waals surface area contributed by atoms with Gasteiger partial charge in [0.25, 0.3) is 5.91 Å². The molecule has 1 aromatic carbocycles. The first kappa shape index (κ1) is 24.3. The van der Waals surface area contributed by atoms with Gasteiger partial charge in [-0.1, -0.05) is 6.08 Å². The lowest BCUT2D eigenvalue weighted by molar-refractivity contribution is -0.137. The maximum absolute atomic E-state index is 12.1. The molecule has 0 aliphatic heterocycles. The van der Waals surface area contributed by atoms with Gasteiger partial charge < -0.3 is 15.0 Å². The number of nitrogens with zero attached hydrogens (tertiary/aromatic N) is 1. The van der Waals surface area contributed by atoms with E-state index < -0.39 is 34.0 Å². The van der Waals surface area contributed by atoms with Gasteiger partial charge >= 0.3 is 5.97 Å². The molecule has 2 N–H and O–H groups in total. The molecule has 0 atom stereocenters. The molecule has 0 radical (unpaired) electrons. The summed E-state index contributed by atoms with van der Waals surface area (Å²) in [6, 6.07) is 5.09. The van der Waals surface area contributed by atoms with E-state index in [0.717, 1.165) is 4.90 Å². The minimum atomic E-state index is -3.70. The normalized spacial score (nSPS) is 11.4. The number of hydrogen-bond donors (Lipinski definition) is 2. The number of benzene rings is 1. The van der Waals surface area contributed by atoms with Gasteiger partial charge in [-0.3, -0.25) is 9.59 Å². The van der Waals surface area contributed by atoms with Gasteiger partial charge in [0, 0.05) is 19.1 Å². The Kier molecular flexibility index (Phi) is 8.53. The quantitative estimate of drug-likeness (QED) is 0.443. The van der Waals surface area contributed by atoms with Crippen LogP contribution in [0.4, 0.5) is 0 Å². The molecule has 0 saturated carbocycles. The van der Waals surface area contributed by atoms with E-state index in [-0.39, 0.29) is 29.5 Å². The van der Waals surface area contributed by atoms with Gasteiger partial charge in [-0.2, -0.15) is 0 Å². The number of sulfonamides is 1. The average molecular weight is 426 g/mol. The fraction of sp³-hybridized carbons (Fsp3) is 0.421. The van der Waals surface area contributed by atoms with Crippen molar-refractivity contribution in [2.45, 2.75) is 31.2 Å². The number of carbonyl (C=O) groups excluding carboxylic acids is 3. The summed E-state index contributed by atoms with van der Waals surface area (Å²) in [5.41, 5.74) is -0.331. The molecule has 0 aliphatic rings. The van der Waals surface area contributed by atoms with Crippen LogP contribution in [0.15, 0.2) is 41.8 Å². The third-order valence-corrected chi connectivity index (χ3v) is 4.91. The molecule has 0 fully saturated rings. The third kappa shape index (κ3) is 8.44. The highest BCUT2D eigenvalue weighted by atomic mass is 32.2. The van der Waals surface area contributed by atoms with E-state index in [1.807, 2.05) is 20.8 Å². The number of amides is 2. The van der Waals surface area contributed by atoms with Crippen molar-refractivity contribution >= 4 is 27.8 Å². The Bertz CT molecular complexity index is 857. The topological polar surface area (TPSA) is 122 Å². The highest BCUT2D eigenvalue weighted by Crippen LogP contribution is 2.11. The van der Waals surface area contributed by atoms with E-state index in [0.29, 0.717) is 0 Å². The Morgan fingerprint density at radius 1 is 1.17 bits per heavy atom. The van der Waals surface area contributed by atoms with E-state index in [1.54, 1.807) is 0 Å². The monoisotopic (exact) mass is 425 g/mol. The molecule has 1 aromatic rings. The van der Waals surface area contributed by atoms with Gasteiger partial charge in [0.05, 0.1) is 17.0 Å². The van der Waals surface area contributed by atoms with Crippen LogP contribution in [0.2, 0.25) is 0 Å². The van der Waals surface area contributed by atoms with Crippen molar-refractivity contribution in [3.05, 3.63) is 42.5 Å². The Morgan fingerprint density at radius 3 is 2.28 bits per heavy atom. The summed E-state index contributed by atoms with van der Waals surface area (Å²) in [4.78, 5) is 37.1. The van der Waals surface area contributed by atoms with Crippen molar-refractivity contribution in [3.63, 3.8) is 0 Å². The van der Waals surface area contributed by atoms with Crippen molar-refractivity contribution in [2.75, 3.05) is 26.7 Å². The number of nitrogens with one attached hydrogen (secondary N) is 2. The van der Waals surface area contributed by atoms with Gasteiger partial charge in [0.1, 0.15) is 0 Å². The molecule has 0 aromatic heterocycles. The van der Waals surface area contributed by atoms with Crippen LogP contribution in [0, 0.1) is 0 Å². The van der Waals surface area contributed by atoms with Crippen molar-refractivity contribution in [3.8, 4) is 0 Å². The van der Waals surface area contributed by atoms with Crippen molar-refractivity contribution in [1.82, 2.24) is 14.9 Å². The zero-order valence-corrected chi connectivity index (χ0v) is 17.8. The lowest BCUT2D eigenvalue weighted by atomic mass is 10.1. The molecule has 0 saturated heterocycles. The molecule has 0 spiro atoms. The number of rotatable bonds is 9. The number of carbonyl (C=O) groups is 3. The second kappa shape index (κ2) is 10.2. The highest BCUT2D eigenvalue weighted by Gasteiger charge is 2.19. The molecule has 0 unspecified atom stereocenters. The van der Waals surface area contributed by atoms with Gasteiger partial charge in [-0.25, -0.2) is 17.9 Å². The average Bonchev–Trinajstić information content (AvgIpc) is 2.62. The van der Waals surface area contributed by atoms with Crippen LogP contribution in [0.3, 0.4) is 0 Å². The largest absolute Gasteiger partial charge is 0.452 e. The van der Waals surface area contributed by atoms with E-state index in [2.05, 4.69) is 16.6 Å². The molecule has 160 valence electrons. The standard InChI is InChI=1S/C19H27N3O6S/c1-6-11-20-29(26,27)15-9-7-14(8-10-15)18(25)28-13-17(24)22(5)12-16(23)21-19(2,3)4/h6-10,20H,1,11-13H2,2-5H3,(H,21,23). The van der Waals surface area contributed by atoms with Crippen LogP contribution >= 0.6 is 0 Å². The summed E-state index contributed by atoms with van der Waals surface area (Å²) in [5.74, 6) is -1.66. The third-order valence-electron chi connectivity index (χ3n) is 3.47. The first-order valence-corrected chi connectivity index (χ1v) is 10.3. The van der Waals surface area contributed by atoms with E-state index in [1.165, 1.54) is 37.4 Å². The minimum absolute atomic E-state index is 0.0171.